The standard InChI is InChI=1S/C13H16N2O3/c1-2-18-13(16)10-17-8-7-15-12-6-4-3-5-11(12)9-14/h3-6,15H,2,7-8,10H2,1H3. The Labute approximate surface area is 106 Å². The van der Waals surface area contributed by atoms with E-state index in [1.807, 2.05) is 12.1 Å². The predicted octanol–water partition coefficient (Wildman–Crippen LogP) is 1.55. The first-order valence-electron chi connectivity index (χ1n) is 5.74. The fraction of sp³-hybridized carbons (Fsp3) is 0.385. The van der Waals surface area contributed by atoms with E-state index in [4.69, 9.17) is 14.7 Å². The number of rotatable bonds is 7. The number of nitrogens with one attached hydrogen (secondary N) is 1. The number of carbonyl (C=O) groups excluding carboxylic acids is 1. The van der Waals surface area contributed by atoms with Crippen molar-refractivity contribution in [2.24, 2.45) is 0 Å². The molecule has 0 fully saturated rings. The largest absolute Gasteiger partial charge is 0.464 e. The Kier molecular flexibility index (Phi) is 6.30. The number of nitrogens with zero attached hydrogens (tertiary/aromatic N) is 1. The molecule has 0 saturated carbocycles. The minimum Gasteiger partial charge on any atom is -0.464 e. The van der Waals surface area contributed by atoms with Gasteiger partial charge in [-0.05, 0) is 19.1 Å². The van der Waals surface area contributed by atoms with Crippen molar-refractivity contribution < 1.29 is 14.3 Å². The van der Waals surface area contributed by atoms with E-state index in [0.29, 0.717) is 25.3 Å². The second-order valence-electron chi connectivity index (χ2n) is 3.44. The van der Waals surface area contributed by atoms with Crippen LogP contribution in [-0.2, 0) is 14.3 Å². The minimum absolute atomic E-state index is 0.0462. The average molecular weight is 248 g/mol. The minimum atomic E-state index is -0.366. The second kappa shape index (κ2) is 8.09. The Hall–Kier alpha value is -2.06. The molecule has 1 aromatic carbocycles. The molecular weight excluding hydrogens is 232 g/mol. The van der Waals surface area contributed by atoms with E-state index in [9.17, 15) is 4.79 Å². The van der Waals surface area contributed by atoms with Gasteiger partial charge in [-0.1, -0.05) is 12.1 Å². The molecule has 0 spiro atoms. The van der Waals surface area contributed by atoms with E-state index in [-0.39, 0.29) is 12.6 Å². The molecule has 0 aliphatic rings. The van der Waals surface area contributed by atoms with Gasteiger partial charge in [0.25, 0.3) is 0 Å². The maximum Gasteiger partial charge on any atom is 0.332 e. The van der Waals surface area contributed by atoms with Gasteiger partial charge in [-0.25, -0.2) is 4.79 Å². The van der Waals surface area contributed by atoms with Gasteiger partial charge in [-0.2, -0.15) is 5.26 Å². The molecule has 1 rings (SSSR count). The van der Waals surface area contributed by atoms with E-state index in [1.165, 1.54) is 0 Å². The van der Waals surface area contributed by atoms with E-state index in [2.05, 4.69) is 11.4 Å². The first kappa shape index (κ1) is 14.0. The van der Waals surface area contributed by atoms with Crippen molar-refractivity contribution in [2.45, 2.75) is 6.92 Å². The summed E-state index contributed by atoms with van der Waals surface area (Å²) >= 11 is 0. The Morgan fingerprint density at radius 1 is 1.44 bits per heavy atom. The van der Waals surface area contributed by atoms with E-state index in [0.717, 1.165) is 5.69 Å². The summed E-state index contributed by atoms with van der Waals surface area (Å²) in [6.45, 7) is 2.96. The molecule has 0 bridgehead atoms. The number of nitriles is 1. The van der Waals surface area contributed by atoms with Gasteiger partial charge in [0, 0.05) is 6.54 Å². The number of benzene rings is 1. The molecule has 0 aliphatic heterocycles. The van der Waals surface area contributed by atoms with Crippen LogP contribution in [0.15, 0.2) is 24.3 Å². The molecule has 0 amide bonds. The molecule has 0 aliphatic carbocycles. The Balaban J connectivity index is 2.22. The van der Waals surface area contributed by atoms with Crippen LogP contribution in [0.3, 0.4) is 0 Å². The molecule has 96 valence electrons. The lowest BCUT2D eigenvalue weighted by molar-refractivity contribution is -0.148. The molecular formula is C13H16N2O3. The summed E-state index contributed by atoms with van der Waals surface area (Å²) in [5.74, 6) is -0.366. The van der Waals surface area contributed by atoms with Gasteiger partial charge in [0.2, 0.25) is 0 Å². The molecule has 1 N–H and O–H groups in total. The molecule has 5 heteroatoms. The predicted molar refractivity (Wildman–Crippen MR) is 67.1 cm³/mol. The van der Waals surface area contributed by atoms with Crippen LogP contribution in [0, 0.1) is 11.3 Å². The third-order valence-corrected chi connectivity index (χ3v) is 2.13. The summed E-state index contributed by atoms with van der Waals surface area (Å²) in [6, 6.07) is 9.31. The zero-order valence-corrected chi connectivity index (χ0v) is 10.3. The zero-order valence-electron chi connectivity index (χ0n) is 10.3. The summed E-state index contributed by atoms with van der Waals surface area (Å²) in [6.07, 6.45) is 0. The van der Waals surface area contributed by atoms with Crippen molar-refractivity contribution >= 4 is 11.7 Å². The van der Waals surface area contributed by atoms with Crippen molar-refractivity contribution in [1.82, 2.24) is 0 Å². The van der Waals surface area contributed by atoms with E-state index >= 15 is 0 Å². The fourth-order valence-electron chi connectivity index (χ4n) is 1.35. The fourth-order valence-corrected chi connectivity index (χ4v) is 1.35. The topological polar surface area (TPSA) is 71.3 Å². The average Bonchev–Trinajstić information content (AvgIpc) is 2.39. The van der Waals surface area contributed by atoms with Crippen LogP contribution < -0.4 is 5.32 Å². The van der Waals surface area contributed by atoms with Crippen LogP contribution in [0.5, 0.6) is 0 Å². The lowest BCUT2D eigenvalue weighted by Gasteiger charge is -2.08. The molecule has 0 aromatic heterocycles. The number of ether oxygens (including phenoxy) is 2. The summed E-state index contributed by atoms with van der Waals surface area (Å²) in [4.78, 5) is 11.0. The first-order chi connectivity index (χ1) is 8.77. The van der Waals surface area contributed by atoms with Crippen LogP contribution in [0.1, 0.15) is 12.5 Å². The second-order valence-corrected chi connectivity index (χ2v) is 3.44. The summed E-state index contributed by atoms with van der Waals surface area (Å²) in [5, 5.41) is 11.9. The smallest absolute Gasteiger partial charge is 0.332 e. The van der Waals surface area contributed by atoms with Crippen molar-refractivity contribution in [1.29, 1.82) is 5.26 Å². The van der Waals surface area contributed by atoms with Gasteiger partial charge < -0.3 is 14.8 Å². The van der Waals surface area contributed by atoms with Crippen molar-refractivity contribution in [3.63, 3.8) is 0 Å². The van der Waals surface area contributed by atoms with Gasteiger partial charge in [0.1, 0.15) is 12.7 Å². The van der Waals surface area contributed by atoms with Gasteiger partial charge in [-0.15, -0.1) is 0 Å². The van der Waals surface area contributed by atoms with Crippen LogP contribution in [-0.4, -0.2) is 32.3 Å². The number of para-hydroxylation sites is 1. The monoisotopic (exact) mass is 248 g/mol. The molecule has 5 nitrogen and oxygen atoms in total. The molecule has 0 saturated heterocycles. The van der Waals surface area contributed by atoms with Crippen LogP contribution in [0.4, 0.5) is 5.69 Å². The molecule has 0 atom stereocenters. The highest BCUT2D eigenvalue weighted by Crippen LogP contribution is 2.12. The quantitative estimate of drug-likeness (QED) is 0.585. The lowest BCUT2D eigenvalue weighted by atomic mass is 10.2. The number of hydrogen-bond donors (Lipinski definition) is 1. The van der Waals surface area contributed by atoms with Crippen molar-refractivity contribution in [3.8, 4) is 6.07 Å². The van der Waals surface area contributed by atoms with Gasteiger partial charge in [0.05, 0.1) is 24.5 Å². The highest BCUT2D eigenvalue weighted by Gasteiger charge is 2.02. The van der Waals surface area contributed by atoms with E-state index < -0.39 is 0 Å². The van der Waals surface area contributed by atoms with Crippen LogP contribution >= 0.6 is 0 Å². The van der Waals surface area contributed by atoms with Gasteiger partial charge in [-0.3, -0.25) is 0 Å². The molecule has 1 aromatic rings. The summed E-state index contributed by atoms with van der Waals surface area (Å²) < 4.78 is 9.84. The number of esters is 1. The van der Waals surface area contributed by atoms with E-state index in [1.54, 1.807) is 19.1 Å². The molecule has 0 radical (unpaired) electrons. The zero-order chi connectivity index (χ0) is 13.2. The highest BCUT2D eigenvalue weighted by atomic mass is 16.6. The third kappa shape index (κ3) is 4.85. The Morgan fingerprint density at radius 2 is 2.22 bits per heavy atom. The molecule has 0 heterocycles. The Bertz CT molecular complexity index is 426. The maximum absolute atomic E-state index is 11.0. The summed E-state index contributed by atoms with van der Waals surface area (Å²) in [5.41, 5.74) is 1.35. The van der Waals surface area contributed by atoms with Gasteiger partial charge in [0.15, 0.2) is 0 Å². The van der Waals surface area contributed by atoms with Crippen LogP contribution in [0.2, 0.25) is 0 Å². The molecule has 0 unspecified atom stereocenters. The number of anilines is 1. The molecule has 18 heavy (non-hydrogen) atoms. The third-order valence-electron chi connectivity index (χ3n) is 2.13. The lowest BCUT2D eigenvalue weighted by Crippen LogP contribution is -2.16. The maximum atomic E-state index is 11.0. The Morgan fingerprint density at radius 3 is 2.94 bits per heavy atom. The normalized spacial score (nSPS) is 9.56. The van der Waals surface area contributed by atoms with Crippen molar-refractivity contribution in [3.05, 3.63) is 29.8 Å². The van der Waals surface area contributed by atoms with Crippen molar-refractivity contribution in [2.75, 3.05) is 31.7 Å². The van der Waals surface area contributed by atoms with Gasteiger partial charge >= 0.3 is 5.97 Å². The highest BCUT2D eigenvalue weighted by molar-refractivity contribution is 5.70. The number of hydrogen-bond acceptors (Lipinski definition) is 5. The van der Waals surface area contributed by atoms with Crippen LogP contribution in [0.25, 0.3) is 0 Å². The SMILES string of the molecule is CCOC(=O)COCCNc1ccccc1C#N. The first-order valence-corrected chi connectivity index (χ1v) is 5.74. The number of carbonyl (C=O) groups is 1. The summed E-state index contributed by atoms with van der Waals surface area (Å²) in [7, 11) is 0.